The number of benzene rings is 1. The molecule has 1 aromatic heterocycles. The van der Waals surface area contributed by atoms with Crippen molar-refractivity contribution in [3.05, 3.63) is 40.7 Å². The van der Waals surface area contributed by atoms with E-state index in [0.717, 1.165) is 29.9 Å². The van der Waals surface area contributed by atoms with Crippen LogP contribution in [0.5, 0.6) is 0 Å². The van der Waals surface area contributed by atoms with Crippen LogP contribution in [0, 0.1) is 11.6 Å². The lowest BCUT2D eigenvalue weighted by atomic mass is 10.3. The largest absolute Gasteiger partial charge is 0.383 e. The number of rotatable bonds is 7. The van der Waals surface area contributed by atoms with Gasteiger partial charge in [-0.3, -0.25) is 0 Å². The van der Waals surface area contributed by atoms with Crippen LogP contribution in [0.2, 0.25) is 5.02 Å². The molecule has 0 unspecified atom stereocenters. The smallest absolute Gasteiger partial charge is 0.153 e. The number of aromatic nitrogens is 3. The molecule has 0 saturated carbocycles. The Labute approximate surface area is 132 Å². The maximum atomic E-state index is 13.8. The molecule has 1 aromatic carbocycles. The number of ether oxygens (including phenoxy) is 1. The number of methoxy groups -OCH3 is 1. The van der Waals surface area contributed by atoms with E-state index >= 15 is 0 Å². The molecule has 22 heavy (non-hydrogen) atoms. The first-order valence-corrected chi connectivity index (χ1v) is 7.12. The van der Waals surface area contributed by atoms with Gasteiger partial charge in [-0.05, 0) is 19.2 Å². The minimum Gasteiger partial charge on any atom is -0.383 e. The molecule has 5 nitrogen and oxygen atoms in total. The zero-order chi connectivity index (χ0) is 16.1. The maximum Gasteiger partial charge on any atom is 0.153 e. The lowest BCUT2D eigenvalue weighted by Crippen LogP contribution is -2.25. The number of halogens is 3. The molecule has 0 atom stereocenters. The fourth-order valence-corrected chi connectivity index (χ4v) is 2.13. The molecule has 2 rings (SSSR count). The first kappa shape index (κ1) is 16.8. The second kappa shape index (κ2) is 7.62. The van der Waals surface area contributed by atoms with E-state index in [-0.39, 0.29) is 10.7 Å². The third-order valence-electron chi connectivity index (χ3n) is 3.18. The minimum atomic E-state index is -0.779. The van der Waals surface area contributed by atoms with E-state index in [1.54, 1.807) is 7.11 Å². The fourth-order valence-electron chi connectivity index (χ4n) is 1.94. The molecule has 8 heteroatoms. The highest BCUT2D eigenvalue weighted by Gasteiger charge is 2.15. The zero-order valence-corrected chi connectivity index (χ0v) is 13.1. The standard InChI is InChI=1S/C14H17ClF2N4O/c1-20(5-6-22-2)4-3-11-9-21(19-18-11)14-12(16)7-10(15)8-13(14)17/h7-9H,3-6H2,1-2H3. The molecule has 1 heterocycles. The molecule has 0 radical (unpaired) electrons. The Bertz CT molecular complexity index is 612. The van der Waals surface area contributed by atoms with Crippen molar-refractivity contribution >= 4 is 11.6 Å². The molecule has 0 saturated heterocycles. The first-order chi connectivity index (χ1) is 10.5. The first-order valence-electron chi connectivity index (χ1n) is 6.75. The van der Waals surface area contributed by atoms with Crippen molar-refractivity contribution in [2.75, 3.05) is 33.9 Å². The molecular weight excluding hydrogens is 314 g/mol. The van der Waals surface area contributed by atoms with Gasteiger partial charge in [0.05, 0.1) is 18.5 Å². The van der Waals surface area contributed by atoms with Crippen LogP contribution < -0.4 is 0 Å². The van der Waals surface area contributed by atoms with Gasteiger partial charge in [-0.25, -0.2) is 13.5 Å². The van der Waals surface area contributed by atoms with Crippen LogP contribution in [0.25, 0.3) is 5.69 Å². The van der Waals surface area contributed by atoms with Gasteiger partial charge in [-0.1, -0.05) is 16.8 Å². The van der Waals surface area contributed by atoms with Gasteiger partial charge in [0.25, 0.3) is 0 Å². The average Bonchev–Trinajstić information content (AvgIpc) is 2.90. The van der Waals surface area contributed by atoms with Crippen LogP contribution >= 0.6 is 11.6 Å². The summed E-state index contributed by atoms with van der Waals surface area (Å²) >= 11 is 5.60. The molecule has 0 aliphatic carbocycles. The summed E-state index contributed by atoms with van der Waals surface area (Å²) < 4.78 is 33.7. The highest BCUT2D eigenvalue weighted by Crippen LogP contribution is 2.21. The van der Waals surface area contributed by atoms with Crippen molar-refractivity contribution in [2.24, 2.45) is 0 Å². The van der Waals surface area contributed by atoms with Crippen molar-refractivity contribution in [2.45, 2.75) is 6.42 Å². The summed E-state index contributed by atoms with van der Waals surface area (Å²) in [5.41, 5.74) is 0.369. The molecule has 0 N–H and O–H groups in total. The van der Waals surface area contributed by atoms with E-state index in [1.165, 1.54) is 6.20 Å². The van der Waals surface area contributed by atoms with Gasteiger partial charge in [-0.15, -0.1) is 5.10 Å². The minimum absolute atomic E-state index is 0.00106. The SMILES string of the molecule is COCCN(C)CCc1cn(-c2c(F)cc(Cl)cc2F)nn1. The summed E-state index contributed by atoms with van der Waals surface area (Å²) in [6.45, 7) is 2.18. The summed E-state index contributed by atoms with van der Waals surface area (Å²) in [6.07, 6.45) is 2.14. The Hall–Kier alpha value is -1.57. The van der Waals surface area contributed by atoms with Crippen molar-refractivity contribution in [3.8, 4) is 5.69 Å². The number of nitrogens with zero attached hydrogens (tertiary/aromatic N) is 4. The van der Waals surface area contributed by atoms with Crippen LogP contribution in [0.3, 0.4) is 0 Å². The van der Waals surface area contributed by atoms with E-state index in [1.807, 2.05) is 7.05 Å². The van der Waals surface area contributed by atoms with E-state index in [4.69, 9.17) is 16.3 Å². The molecule has 0 bridgehead atoms. The Balaban J connectivity index is 2.06. The summed E-state index contributed by atoms with van der Waals surface area (Å²) in [5.74, 6) is -1.56. The quantitative estimate of drug-likeness (QED) is 0.781. The average molecular weight is 331 g/mol. The Morgan fingerprint density at radius 3 is 2.59 bits per heavy atom. The summed E-state index contributed by atoms with van der Waals surface area (Å²) in [7, 11) is 3.61. The monoisotopic (exact) mass is 330 g/mol. The second-order valence-corrected chi connectivity index (χ2v) is 5.36. The van der Waals surface area contributed by atoms with Gasteiger partial charge in [0.15, 0.2) is 11.6 Å². The second-order valence-electron chi connectivity index (χ2n) is 4.92. The molecule has 0 fully saturated rings. The third-order valence-corrected chi connectivity index (χ3v) is 3.40. The van der Waals surface area contributed by atoms with Crippen LogP contribution in [-0.2, 0) is 11.2 Å². The maximum absolute atomic E-state index is 13.8. The fraction of sp³-hybridized carbons (Fsp3) is 0.429. The van der Waals surface area contributed by atoms with Gasteiger partial charge in [0, 0.05) is 31.6 Å². The molecular formula is C14H17ClF2N4O. The topological polar surface area (TPSA) is 43.2 Å². The van der Waals surface area contributed by atoms with Gasteiger partial charge >= 0.3 is 0 Å². The van der Waals surface area contributed by atoms with Gasteiger partial charge in [0.2, 0.25) is 0 Å². The van der Waals surface area contributed by atoms with E-state index in [2.05, 4.69) is 15.2 Å². The number of hydrogen-bond acceptors (Lipinski definition) is 4. The zero-order valence-electron chi connectivity index (χ0n) is 12.4. The molecule has 0 aliphatic rings. The third kappa shape index (κ3) is 4.22. The van der Waals surface area contributed by atoms with Gasteiger partial charge in [0.1, 0.15) is 5.69 Å². The van der Waals surface area contributed by atoms with Crippen molar-refractivity contribution in [1.29, 1.82) is 0 Å². The van der Waals surface area contributed by atoms with Crippen molar-refractivity contribution < 1.29 is 13.5 Å². The highest BCUT2D eigenvalue weighted by molar-refractivity contribution is 6.30. The van der Waals surface area contributed by atoms with E-state index < -0.39 is 11.6 Å². The van der Waals surface area contributed by atoms with Crippen LogP contribution in [-0.4, -0.2) is 53.7 Å². The molecule has 2 aromatic rings. The molecule has 0 amide bonds. The lowest BCUT2D eigenvalue weighted by molar-refractivity contribution is 0.162. The van der Waals surface area contributed by atoms with Crippen LogP contribution in [0.4, 0.5) is 8.78 Å². The van der Waals surface area contributed by atoms with Gasteiger partial charge in [-0.2, -0.15) is 0 Å². The molecule has 0 aliphatic heterocycles. The Morgan fingerprint density at radius 1 is 1.27 bits per heavy atom. The molecule has 0 spiro atoms. The summed E-state index contributed by atoms with van der Waals surface area (Å²) in [5, 5.41) is 7.72. The Kier molecular flexibility index (Phi) is 5.82. The van der Waals surface area contributed by atoms with Crippen molar-refractivity contribution in [3.63, 3.8) is 0 Å². The summed E-state index contributed by atoms with van der Waals surface area (Å²) in [6, 6.07) is 2.08. The molecule has 120 valence electrons. The van der Waals surface area contributed by atoms with E-state index in [9.17, 15) is 8.78 Å². The van der Waals surface area contributed by atoms with Gasteiger partial charge < -0.3 is 9.64 Å². The summed E-state index contributed by atoms with van der Waals surface area (Å²) in [4.78, 5) is 2.08. The van der Waals surface area contributed by atoms with Crippen LogP contribution in [0.15, 0.2) is 18.3 Å². The Morgan fingerprint density at radius 2 is 1.95 bits per heavy atom. The predicted octanol–water partition coefficient (Wildman–Crippen LogP) is 2.32. The van der Waals surface area contributed by atoms with E-state index in [0.29, 0.717) is 18.7 Å². The lowest BCUT2D eigenvalue weighted by Gasteiger charge is -2.14. The normalized spacial score (nSPS) is 11.4. The van der Waals surface area contributed by atoms with Crippen LogP contribution in [0.1, 0.15) is 5.69 Å². The number of likely N-dealkylation sites (N-methyl/N-ethyl adjacent to an activating group) is 1. The number of hydrogen-bond donors (Lipinski definition) is 0. The van der Waals surface area contributed by atoms with Crippen molar-refractivity contribution in [1.82, 2.24) is 19.9 Å². The predicted molar refractivity (Wildman–Crippen MR) is 79.4 cm³/mol. The highest BCUT2D eigenvalue weighted by atomic mass is 35.5.